The van der Waals surface area contributed by atoms with E-state index in [0.29, 0.717) is 31.8 Å². The minimum Gasteiger partial charge on any atom is -0.396 e. The van der Waals surface area contributed by atoms with Crippen molar-refractivity contribution < 1.29 is 13.5 Å². The molecule has 19 heavy (non-hydrogen) atoms. The van der Waals surface area contributed by atoms with Gasteiger partial charge in [-0.2, -0.15) is 0 Å². The molecule has 5 nitrogen and oxygen atoms in total. The van der Waals surface area contributed by atoms with Gasteiger partial charge >= 0.3 is 0 Å². The van der Waals surface area contributed by atoms with E-state index in [9.17, 15) is 8.42 Å². The molecule has 1 N–H and O–H groups in total. The zero-order chi connectivity index (χ0) is 13.7. The average Bonchev–Trinajstić information content (AvgIpc) is 2.88. The van der Waals surface area contributed by atoms with E-state index in [4.69, 9.17) is 5.11 Å². The van der Waals surface area contributed by atoms with Crippen molar-refractivity contribution in [2.24, 2.45) is 5.92 Å². The van der Waals surface area contributed by atoms with Crippen molar-refractivity contribution in [3.63, 3.8) is 0 Å². The maximum atomic E-state index is 12.2. The van der Waals surface area contributed by atoms with Crippen LogP contribution in [0, 0.1) is 5.92 Å². The summed E-state index contributed by atoms with van der Waals surface area (Å²) in [7, 11) is -3.20. The van der Waals surface area contributed by atoms with Gasteiger partial charge in [0.05, 0.1) is 5.75 Å². The number of aromatic nitrogens is 1. The molecule has 1 saturated heterocycles. The van der Waals surface area contributed by atoms with E-state index >= 15 is 0 Å². The Hall–Kier alpha value is -0.980. The first-order valence-electron chi connectivity index (χ1n) is 6.60. The van der Waals surface area contributed by atoms with E-state index in [2.05, 4.69) is 4.98 Å². The third-order valence-corrected chi connectivity index (χ3v) is 5.36. The van der Waals surface area contributed by atoms with Gasteiger partial charge in [0.2, 0.25) is 10.0 Å². The number of sulfonamides is 1. The van der Waals surface area contributed by atoms with Crippen LogP contribution in [0.1, 0.15) is 18.5 Å². The maximum Gasteiger partial charge on any atom is 0.214 e. The highest BCUT2D eigenvalue weighted by molar-refractivity contribution is 7.89. The molecule has 1 aliphatic heterocycles. The molecular weight excluding hydrogens is 264 g/mol. The van der Waals surface area contributed by atoms with E-state index in [1.807, 2.05) is 18.2 Å². The summed E-state index contributed by atoms with van der Waals surface area (Å²) in [6.45, 7) is 1.26. The van der Waals surface area contributed by atoms with Crippen LogP contribution in [-0.4, -0.2) is 48.3 Å². The highest BCUT2D eigenvalue weighted by atomic mass is 32.2. The van der Waals surface area contributed by atoms with E-state index in [1.54, 1.807) is 10.5 Å². The smallest absolute Gasteiger partial charge is 0.214 e. The summed E-state index contributed by atoms with van der Waals surface area (Å²) in [6, 6.07) is 5.52. The molecule has 6 heteroatoms. The lowest BCUT2D eigenvalue weighted by atomic mass is 10.1. The number of pyridine rings is 1. The van der Waals surface area contributed by atoms with Gasteiger partial charge in [0.1, 0.15) is 0 Å². The Morgan fingerprint density at radius 3 is 2.95 bits per heavy atom. The summed E-state index contributed by atoms with van der Waals surface area (Å²) in [5, 5.41) is 8.89. The molecule has 0 radical (unpaired) electrons. The Morgan fingerprint density at radius 1 is 1.42 bits per heavy atom. The van der Waals surface area contributed by atoms with Gasteiger partial charge in [-0.05, 0) is 30.9 Å². The Kier molecular flexibility index (Phi) is 4.90. The molecule has 1 aromatic rings. The Labute approximate surface area is 114 Å². The predicted octanol–water partition coefficient (Wildman–Crippen LogP) is 0.658. The van der Waals surface area contributed by atoms with Crippen molar-refractivity contribution in [1.82, 2.24) is 9.29 Å². The van der Waals surface area contributed by atoms with E-state index in [-0.39, 0.29) is 12.4 Å². The molecule has 1 aromatic heterocycles. The van der Waals surface area contributed by atoms with Crippen LogP contribution in [0.15, 0.2) is 24.4 Å². The van der Waals surface area contributed by atoms with Crippen LogP contribution in [0.3, 0.4) is 0 Å². The van der Waals surface area contributed by atoms with Gasteiger partial charge in [0, 0.05) is 38.0 Å². The summed E-state index contributed by atoms with van der Waals surface area (Å²) in [5.74, 6) is 0.408. The van der Waals surface area contributed by atoms with Crippen molar-refractivity contribution in [2.45, 2.75) is 19.3 Å². The van der Waals surface area contributed by atoms with E-state index in [0.717, 1.165) is 12.1 Å². The molecule has 2 rings (SSSR count). The molecular formula is C13H20N2O3S. The number of hydrogen-bond acceptors (Lipinski definition) is 4. The third kappa shape index (κ3) is 3.99. The quantitative estimate of drug-likeness (QED) is 0.833. The Morgan fingerprint density at radius 2 is 2.26 bits per heavy atom. The minimum atomic E-state index is -3.20. The predicted molar refractivity (Wildman–Crippen MR) is 73.1 cm³/mol. The topological polar surface area (TPSA) is 70.5 Å². The Balaban J connectivity index is 1.89. The van der Waals surface area contributed by atoms with Gasteiger partial charge in [0.15, 0.2) is 0 Å². The zero-order valence-corrected chi connectivity index (χ0v) is 11.7. The first-order chi connectivity index (χ1) is 9.12. The monoisotopic (exact) mass is 284 g/mol. The second kappa shape index (κ2) is 6.45. The fraction of sp³-hybridized carbons (Fsp3) is 0.615. The first kappa shape index (κ1) is 14.4. The van der Waals surface area contributed by atoms with Gasteiger partial charge in [-0.15, -0.1) is 0 Å². The second-order valence-electron chi connectivity index (χ2n) is 4.91. The standard InChI is InChI=1S/C13H20N2O3S/c16-9-5-12-4-8-15(11-12)19(17,18)10-6-13-3-1-2-7-14-13/h1-3,7,12,16H,4-6,8-11H2. The minimum absolute atomic E-state index is 0.107. The number of hydrogen-bond donors (Lipinski definition) is 1. The van der Waals surface area contributed by atoms with Crippen LogP contribution < -0.4 is 0 Å². The fourth-order valence-corrected chi connectivity index (χ4v) is 3.92. The molecule has 1 atom stereocenters. The van der Waals surface area contributed by atoms with Crippen molar-refractivity contribution >= 4 is 10.0 Å². The molecule has 0 saturated carbocycles. The third-order valence-electron chi connectivity index (χ3n) is 3.52. The number of nitrogens with zero attached hydrogens (tertiary/aromatic N) is 2. The van der Waals surface area contributed by atoms with Crippen molar-refractivity contribution in [1.29, 1.82) is 0 Å². The Bertz CT molecular complexity index is 490. The number of aryl methyl sites for hydroxylation is 1. The van der Waals surface area contributed by atoms with Crippen LogP contribution in [0.5, 0.6) is 0 Å². The van der Waals surface area contributed by atoms with Crippen LogP contribution in [0.4, 0.5) is 0 Å². The van der Waals surface area contributed by atoms with Gasteiger partial charge in [-0.1, -0.05) is 6.07 Å². The summed E-state index contributed by atoms with van der Waals surface area (Å²) < 4.78 is 25.9. The lowest BCUT2D eigenvalue weighted by molar-refractivity contribution is 0.259. The molecule has 1 fully saturated rings. The van der Waals surface area contributed by atoms with Gasteiger partial charge in [0.25, 0.3) is 0 Å². The fourth-order valence-electron chi connectivity index (χ4n) is 2.38. The lowest BCUT2D eigenvalue weighted by Crippen LogP contribution is -2.31. The molecule has 0 aromatic carbocycles. The average molecular weight is 284 g/mol. The van der Waals surface area contributed by atoms with Crippen molar-refractivity contribution in [3.8, 4) is 0 Å². The molecule has 1 unspecified atom stereocenters. The largest absolute Gasteiger partial charge is 0.396 e. The van der Waals surface area contributed by atoms with Crippen molar-refractivity contribution in [2.75, 3.05) is 25.4 Å². The SMILES string of the molecule is O=S(=O)(CCc1ccccn1)N1CCC(CCO)C1. The number of aliphatic hydroxyl groups excluding tert-OH is 1. The zero-order valence-electron chi connectivity index (χ0n) is 10.9. The summed E-state index contributed by atoms with van der Waals surface area (Å²) in [5.41, 5.74) is 0.803. The molecule has 0 amide bonds. The highest BCUT2D eigenvalue weighted by Crippen LogP contribution is 2.22. The molecule has 2 heterocycles. The van der Waals surface area contributed by atoms with Crippen LogP contribution in [0.25, 0.3) is 0 Å². The van der Waals surface area contributed by atoms with E-state index < -0.39 is 10.0 Å². The molecule has 106 valence electrons. The maximum absolute atomic E-state index is 12.2. The van der Waals surface area contributed by atoms with Crippen LogP contribution in [0.2, 0.25) is 0 Å². The number of aliphatic hydroxyl groups is 1. The summed E-state index contributed by atoms with van der Waals surface area (Å²) in [4.78, 5) is 4.14. The van der Waals surface area contributed by atoms with Gasteiger partial charge in [-0.25, -0.2) is 12.7 Å². The van der Waals surface area contributed by atoms with Gasteiger partial charge in [-0.3, -0.25) is 4.98 Å². The van der Waals surface area contributed by atoms with Crippen LogP contribution in [-0.2, 0) is 16.4 Å². The second-order valence-corrected chi connectivity index (χ2v) is 7.00. The van der Waals surface area contributed by atoms with Gasteiger partial charge < -0.3 is 5.11 Å². The normalized spacial score (nSPS) is 20.8. The number of rotatable bonds is 6. The lowest BCUT2D eigenvalue weighted by Gasteiger charge is -2.16. The summed E-state index contributed by atoms with van der Waals surface area (Å²) in [6.07, 6.45) is 3.66. The van der Waals surface area contributed by atoms with Crippen LogP contribution >= 0.6 is 0 Å². The highest BCUT2D eigenvalue weighted by Gasteiger charge is 2.30. The van der Waals surface area contributed by atoms with E-state index in [1.165, 1.54) is 0 Å². The molecule has 1 aliphatic rings. The first-order valence-corrected chi connectivity index (χ1v) is 8.21. The molecule has 0 bridgehead atoms. The molecule has 0 spiro atoms. The van der Waals surface area contributed by atoms with Crippen molar-refractivity contribution in [3.05, 3.63) is 30.1 Å². The molecule has 0 aliphatic carbocycles. The summed E-state index contributed by atoms with van der Waals surface area (Å²) >= 11 is 0.